The van der Waals surface area contributed by atoms with Gasteiger partial charge in [-0.15, -0.1) is 0 Å². The number of nitrogens with two attached hydrogens (primary N) is 1. The van der Waals surface area contributed by atoms with Crippen LogP contribution in [0.5, 0.6) is 0 Å². The molecule has 0 bridgehead atoms. The quantitative estimate of drug-likeness (QED) is 0.749. The third kappa shape index (κ3) is 2.26. The first-order chi connectivity index (χ1) is 9.71. The molecule has 1 fully saturated rings. The second kappa shape index (κ2) is 5.20. The number of hydrogen-bond donors (Lipinski definition) is 2. The zero-order valence-corrected chi connectivity index (χ0v) is 11.8. The van der Waals surface area contributed by atoms with E-state index in [0.717, 1.165) is 17.7 Å². The van der Waals surface area contributed by atoms with Gasteiger partial charge in [-0.2, -0.15) is 0 Å². The van der Waals surface area contributed by atoms with Crippen LogP contribution in [0.15, 0.2) is 72.7 Å². The number of hydrogen-bond acceptors (Lipinski definition) is 2. The minimum Gasteiger partial charge on any atom is -0.402 e. The van der Waals surface area contributed by atoms with Crippen molar-refractivity contribution in [2.45, 2.75) is 24.8 Å². The Morgan fingerprint density at radius 3 is 2.90 bits per heavy atom. The van der Waals surface area contributed by atoms with Crippen LogP contribution in [0.1, 0.15) is 19.3 Å². The fourth-order valence-electron chi connectivity index (χ4n) is 3.17. The van der Waals surface area contributed by atoms with E-state index >= 15 is 0 Å². The van der Waals surface area contributed by atoms with E-state index in [1.165, 1.54) is 12.8 Å². The van der Waals surface area contributed by atoms with Crippen LogP contribution in [0.25, 0.3) is 0 Å². The maximum Gasteiger partial charge on any atom is 0.0652 e. The lowest BCUT2D eigenvalue weighted by Gasteiger charge is -2.55. The number of nitrogens with one attached hydrogen (secondary N) is 1. The highest BCUT2D eigenvalue weighted by molar-refractivity contribution is 5.38. The third-order valence-electron chi connectivity index (χ3n) is 4.62. The highest BCUT2D eigenvalue weighted by atomic mass is 15.0. The van der Waals surface area contributed by atoms with Gasteiger partial charge in [0.25, 0.3) is 0 Å². The Morgan fingerprint density at radius 2 is 2.30 bits per heavy atom. The lowest BCUT2D eigenvalue weighted by molar-refractivity contribution is 0.141. The van der Waals surface area contributed by atoms with Crippen LogP contribution in [0.3, 0.4) is 0 Å². The molecule has 0 spiro atoms. The summed E-state index contributed by atoms with van der Waals surface area (Å²) < 4.78 is 0. The van der Waals surface area contributed by atoms with Crippen LogP contribution in [0.4, 0.5) is 0 Å². The first-order valence-electron chi connectivity index (χ1n) is 7.32. The minimum atomic E-state index is 0.169. The molecule has 3 atom stereocenters. The van der Waals surface area contributed by atoms with E-state index in [4.69, 9.17) is 5.73 Å². The molecular formula is C18H22N2. The zero-order valence-electron chi connectivity index (χ0n) is 11.8. The van der Waals surface area contributed by atoms with E-state index < -0.39 is 0 Å². The molecule has 1 saturated carbocycles. The normalized spacial score (nSPS) is 34.5. The molecule has 0 aromatic carbocycles. The van der Waals surface area contributed by atoms with Crippen LogP contribution < -0.4 is 11.1 Å². The molecule has 104 valence electrons. The van der Waals surface area contributed by atoms with Crippen molar-refractivity contribution < 1.29 is 0 Å². The van der Waals surface area contributed by atoms with Gasteiger partial charge in [0.2, 0.25) is 0 Å². The maximum absolute atomic E-state index is 5.86. The van der Waals surface area contributed by atoms with Gasteiger partial charge in [0.1, 0.15) is 0 Å². The second-order valence-electron chi connectivity index (χ2n) is 5.87. The van der Waals surface area contributed by atoms with Crippen molar-refractivity contribution in [2.24, 2.45) is 17.6 Å². The summed E-state index contributed by atoms with van der Waals surface area (Å²) in [5, 5.41) is 3.47. The Kier molecular flexibility index (Phi) is 3.39. The smallest absolute Gasteiger partial charge is 0.0652 e. The molecule has 3 rings (SSSR count). The van der Waals surface area contributed by atoms with Crippen molar-refractivity contribution in [3.05, 3.63) is 72.7 Å². The van der Waals surface area contributed by atoms with Crippen molar-refractivity contribution >= 4 is 0 Å². The average molecular weight is 266 g/mol. The number of fused-ring (bicyclic) bond motifs is 1. The van der Waals surface area contributed by atoms with E-state index in [-0.39, 0.29) is 5.54 Å². The van der Waals surface area contributed by atoms with Crippen LogP contribution in [0.2, 0.25) is 0 Å². The summed E-state index contributed by atoms with van der Waals surface area (Å²) in [5.74, 6) is 1.01. The zero-order chi connectivity index (χ0) is 14.0. The SMILES string of the molecule is C=C(/C=C\C=C/N[C@]12C=C(N)C1CC2)C1C=CC=CC1. The van der Waals surface area contributed by atoms with Crippen molar-refractivity contribution in [3.8, 4) is 0 Å². The molecule has 0 heterocycles. The molecule has 3 aliphatic carbocycles. The van der Waals surface area contributed by atoms with Gasteiger partial charge in [-0.1, -0.05) is 43.0 Å². The number of allylic oxidation sites excluding steroid dienone is 8. The summed E-state index contributed by atoms with van der Waals surface area (Å²) in [4.78, 5) is 0. The predicted octanol–water partition coefficient (Wildman–Crippen LogP) is 3.34. The second-order valence-corrected chi connectivity index (χ2v) is 5.87. The molecule has 20 heavy (non-hydrogen) atoms. The van der Waals surface area contributed by atoms with Gasteiger partial charge in [0.05, 0.1) is 5.54 Å². The molecule has 0 aliphatic heterocycles. The molecular weight excluding hydrogens is 244 g/mol. The largest absolute Gasteiger partial charge is 0.402 e. The van der Waals surface area contributed by atoms with E-state index in [1.54, 1.807) is 0 Å². The molecule has 0 aromatic rings. The predicted molar refractivity (Wildman–Crippen MR) is 84.7 cm³/mol. The van der Waals surface area contributed by atoms with Gasteiger partial charge >= 0.3 is 0 Å². The van der Waals surface area contributed by atoms with Crippen molar-refractivity contribution in [3.63, 3.8) is 0 Å². The van der Waals surface area contributed by atoms with Crippen molar-refractivity contribution in [1.29, 1.82) is 0 Å². The third-order valence-corrected chi connectivity index (χ3v) is 4.62. The Balaban J connectivity index is 1.46. The Hall–Kier alpha value is -1.96. The summed E-state index contributed by atoms with van der Waals surface area (Å²) in [6, 6.07) is 0. The minimum absolute atomic E-state index is 0.169. The summed E-state index contributed by atoms with van der Waals surface area (Å²) in [5.41, 5.74) is 8.24. The van der Waals surface area contributed by atoms with Crippen molar-refractivity contribution in [1.82, 2.24) is 5.32 Å². The highest BCUT2D eigenvalue weighted by Crippen LogP contribution is 2.50. The summed E-state index contributed by atoms with van der Waals surface area (Å²) >= 11 is 0. The molecule has 0 radical (unpaired) electrons. The Labute approximate surface area is 121 Å². The Bertz CT molecular complexity index is 548. The summed E-state index contributed by atoms with van der Waals surface area (Å²) in [7, 11) is 0. The van der Waals surface area contributed by atoms with Gasteiger partial charge in [-0.3, -0.25) is 0 Å². The monoisotopic (exact) mass is 266 g/mol. The van der Waals surface area contributed by atoms with Crippen molar-refractivity contribution in [2.75, 3.05) is 0 Å². The maximum atomic E-state index is 5.86. The fourth-order valence-corrected chi connectivity index (χ4v) is 3.17. The molecule has 2 nitrogen and oxygen atoms in total. The lowest BCUT2D eigenvalue weighted by atomic mass is 9.57. The molecule has 3 aliphatic rings. The van der Waals surface area contributed by atoms with Crippen LogP contribution >= 0.6 is 0 Å². The average Bonchev–Trinajstić information content (AvgIpc) is 2.45. The van der Waals surface area contributed by atoms with Gasteiger partial charge in [-0.25, -0.2) is 0 Å². The fraction of sp³-hybridized carbons (Fsp3) is 0.333. The van der Waals surface area contributed by atoms with E-state index in [2.05, 4.69) is 54.4 Å². The van der Waals surface area contributed by atoms with Crippen LogP contribution in [-0.2, 0) is 0 Å². The molecule has 3 N–H and O–H groups in total. The Morgan fingerprint density at radius 1 is 1.40 bits per heavy atom. The number of rotatable bonds is 5. The topological polar surface area (TPSA) is 38.0 Å². The standard InChI is InChI=1S/C18H22N2/c1-14(15-8-3-2-4-9-15)7-5-6-12-20-18-11-10-16(18)17(19)13-18/h2-8,12-13,15-16,20H,1,9-11,19H2/b7-5-,12-6-/t15?,16?,18-/m1/s1. The van der Waals surface area contributed by atoms with Crippen LogP contribution in [-0.4, -0.2) is 5.54 Å². The summed E-state index contributed by atoms with van der Waals surface area (Å²) in [6.45, 7) is 4.13. The summed E-state index contributed by atoms with van der Waals surface area (Å²) in [6.07, 6.45) is 22.4. The lowest BCUT2D eigenvalue weighted by Crippen LogP contribution is -2.62. The first-order valence-corrected chi connectivity index (χ1v) is 7.32. The van der Waals surface area contributed by atoms with Gasteiger partial charge in [0.15, 0.2) is 0 Å². The van der Waals surface area contributed by atoms with Gasteiger partial charge in [0, 0.05) is 17.5 Å². The van der Waals surface area contributed by atoms with Gasteiger partial charge in [-0.05, 0) is 43.2 Å². The highest BCUT2D eigenvalue weighted by Gasteiger charge is 2.52. The van der Waals surface area contributed by atoms with E-state index in [1.807, 2.05) is 12.3 Å². The molecule has 2 unspecified atom stereocenters. The van der Waals surface area contributed by atoms with Gasteiger partial charge < -0.3 is 11.1 Å². The molecule has 2 heteroatoms. The van der Waals surface area contributed by atoms with Crippen LogP contribution in [0, 0.1) is 11.8 Å². The van der Waals surface area contributed by atoms with E-state index in [0.29, 0.717) is 11.8 Å². The molecule has 0 amide bonds. The van der Waals surface area contributed by atoms with E-state index in [9.17, 15) is 0 Å². The molecule has 0 aromatic heterocycles. The first kappa shape index (κ1) is 13.0. The molecule has 0 saturated heterocycles.